The van der Waals surface area contributed by atoms with E-state index in [0.717, 1.165) is 46.3 Å². The van der Waals surface area contributed by atoms with Crippen molar-refractivity contribution in [3.63, 3.8) is 0 Å². The van der Waals surface area contributed by atoms with Crippen LogP contribution in [0.25, 0.3) is 33.4 Å². The lowest BCUT2D eigenvalue weighted by atomic mass is 9.97. The number of benzene rings is 2. The van der Waals surface area contributed by atoms with Crippen LogP contribution in [0.3, 0.4) is 0 Å². The van der Waals surface area contributed by atoms with Gasteiger partial charge in [0.05, 0.1) is 11.1 Å². The summed E-state index contributed by atoms with van der Waals surface area (Å²) in [6.45, 7) is 5.98. The van der Waals surface area contributed by atoms with E-state index < -0.39 is 6.23 Å². The lowest BCUT2D eigenvalue weighted by Crippen LogP contribution is -2.40. The first kappa shape index (κ1) is 25.2. The zero-order chi connectivity index (χ0) is 27.0. The zero-order valence-electron chi connectivity index (χ0n) is 21.4. The molecule has 3 heterocycles. The number of aliphatic hydroxyl groups is 1. The number of fused-ring (bicyclic) bond motifs is 1. The molecule has 1 unspecified atom stereocenters. The van der Waals surface area contributed by atoms with Crippen LogP contribution in [0.15, 0.2) is 67.0 Å². The van der Waals surface area contributed by atoms with Gasteiger partial charge in [0.15, 0.2) is 0 Å². The van der Waals surface area contributed by atoms with Crippen molar-refractivity contribution < 1.29 is 14.7 Å². The van der Waals surface area contributed by atoms with Gasteiger partial charge >= 0.3 is 0 Å². The van der Waals surface area contributed by atoms with Crippen molar-refractivity contribution in [3.05, 3.63) is 72.6 Å². The summed E-state index contributed by atoms with van der Waals surface area (Å²) in [5.74, 6) is -0.0450. The third kappa shape index (κ3) is 4.52. The van der Waals surface area contributed by atoms with Crippen LogP contribution in [0.1, 0.15) is 36.5 Å². The number of anilines is 2. The molecule has 0 bridgehead atoms. The molecule has 2 aromatic carbocycles. The standard InChI is InChI=1S/C29H30N6O3/c1-17(2)28(37)33-21-13-11-19(12-14-21)25-23(24-26(30)31-16-32-27(24)34(25)3)18-7-9-20(10-8-18)29(38)35-15-5-4-6-22(35)36/h7-14,16,28,33,37H,1,4-6,15H2,2-3H3,(H2,30,31,32). The summed E-state index contributed by atoms with van der Waals surface area (Å²) >= 11 is 0. The van der Waals surface area contributed by atoms with E-state index in [1.54, 1.807) is 19.1 Å². The number of hydrogen-bond acceptors (Lipinski definition) is 7. The maximum atomic E-state index is 13.0. The summed E-state index contributed by atoms with van der Waals surface area (Å²) in [6, 6.07) is 14.9. The summed E-state index contributed by atoms with van der Waals surface area (Å²) in [4.78, 5) is 35.3. The van der Waals surface area contributed by atoms with E-state index in [-0.39, 0.29) is 11.8 Å². The minimum Gasteiger partial charge on any atom is -0.383 e. The second-order valence-electron chi connectivity index (χ2n) is 9.60. The van der Waals surface area contributed by atoms with Gasteiger partial charge in [-0.1, -0.05) is 30.8 Å². The Morgan fingerprint density at radius 2 is 1.76 bits per heavy atom. The van der Waals surface area contributed by atoms with Crippen molar-refractivity contribution in [1.82, 2.24) is 19.4 Å². The molecule has 4 N–H and O–H groups in total. The van der Waals surface area contributed by atoms with E-state index in [4.69, 9.17) is 5.73 Å². The molecule has 1 saturated heterocycles. The van der Waals surface area contributed by atoms with E-state index in [9.17, 15) is 14.7 Å². The molecule has 1 aliphatic heterocycles. The number of carbonyl (C=O) groups excluding carboxylic acids is 2. The van der Waals surface area contributed by atoms with Crippen LogP contribution in [0, 0.1) is 0 Å². The summed E-state index contributed by atoms with van der Waals surface area (Å²) in [6.07, 6.45) is 2.65. The van der Waals surface area contributed by atoms with Gasteiger partial charge in [0.1, 0.15) is 24.0 Å². The number of nitrogen functional groups attached to an aromatic ring is 1. The Labute approximate surface area is 220 Å². The predicted molar refractivity (Wildman–Crippen MR) is 148 cm³/mol. The molecule has 1 aliphatic rings. The summed E-state index contributed by atoms with van der Waals surface area (Å²) in [7, 11) is 1.92. The van der Waals surface area contributed by atoms with Crippen LogP contribution < -0.4 is 11.1 Å². The molecule has 4 aromatic rings. The number of aliphatic hydroxyl groups excluding tert-OH is 1. The Bertz CT molecular complexity index is 1540. The molecule has 0 radical (unpaired) electrons. The Kier molecular flexibility index (Phi) is 6.69. The fourth-order valence-corrected chi connectivity index (χ4v) is 4.86. The molecular formula is C29H30N6O3. The number of carbonyl (C=O) groups is 2. The minimum atomic E-state index is -0.842. The Balaban J connectivity index is 1.57. The molecule has 0 aliphatic carbocycles. The van der Waals surface area contributed by atoms with Gasteiger partial charge in [-0.2, -0.15) is 0 Å². The second kappa shape index (κ2) is 10.1. The lowest BCUT2D eigenvalue weighted by molar-refractivity contribution is -0.130. The normalized spacial score (nSPS) is 14.5. The summed E-state index contributed by atoms with van der Waals surface area (Å²) in [5.41, 5.74) is 12.3. The van der Waals surface area contributed by atoms with Crippen LogP contribution in [0.4, 0.5) is 11.5 Å². The molecule has 5 rings (SSSR count). The molecule has 0 saturated carbocycles. The first-order valence-corrected chi connectivity index (χ1v) is 12.5. The molecule has 9 heteroatoms. The molecule has 2 aromatic heterocycles. The first-order chi connectivity index (χ1) is 18.3. The number of likely N-dealkylation sites (tertiary alicyclic amines) is 1. The Hall–Kier alpha value is -4.50. The van der Waals surface area contributed by atoms with Crippen LogP contribution in [0.2, 0.25) is 0 Å². The summed E-state index contributed by atoms with van der Waals surface area (Å²) in [5, 5.41) is 13.8. The molecule has 2 amide bonds. The highest BCUT2D eigenvalue weighted by molar-refractivity contribution is 6.09. The quantitative estimate of drug-likeness (QED) is 0.200. The van der Waals surface area contributed by atoms with Gasteiger partial charge in [-0.05, 0) is 60.7 Å². The van der Waals surface area contributed by atoms with Crippen molar-refractivity contribution >= 4 is 34.4 Å². The van der Waals surface area contributed by atoms with Crippen molar-refractivity contribution in [2.75, 3.05) is 17.6 Å². The zero-order valence-corrected chi connectivity index (χ0v) is 21.4. The van der Waals surface area contributed by atoms with E-state index in [1.165, 1.54) is 11.2 Å². The summed E-state index contributed by atoms with van der Waals surface area (Å²) < 4.78 is 1.97. The highest BCUT2D eigenvalue weighted by Crippen LogP contribution is 2.41. The molecule has 9 nitrogen and oxygen atoms in total. The topological polar surface area (TPSA) is 126 Å². The van der Waals surface area contributed by atoms with Gasteiger partial charge in [0, 0.05) is 36.8 Å². The maximum Gasteiger partial charge on any atom is 0.260 e. The fraction of sp³-hybridized carbons (Fsp3) is 0.241. The number of piperidine rings is 1. The van der Waals surface area contributed by atoms with Crippen molar-refractivity contribution in [2.45, 2.75) is 32.4 Å². The number of aryl methyl sites for hydroxylation is 1. The SMILES string of the molecule is C=C(C)C(O)Nc1ccc(-c2c(-c3ccc(C(=O)N4CCCCC4=O)cc3)c3c(N)ncnc3n2C)cc1. The van der Waals surface area contributed by atoms with Gasteiger partial charge in [-0.25, -0.2) is 9.97 Å². The number of nitrogens with zero attached hydrogens (tertiary/aromatic N) is 4. The molecular weight excluding hydrogens is 480 g/mol. The van der Waals surface area contributed by atoms with E-state index in [0.29, 0.717) is 35.6 Å². The number of aromatic nitrogens is 3. The molecule has 0 spiro atoms. The third-order valence-corrected chi connectivity index (χ3v) is 6.91. The third-order valence-electron chi connectivity index (χ3n) is 6.91. The van der Waals surface area contributed by atoms with Gasteiger partial charge < -0.3 is 20.7 Å². The number of imide groups is 1. The average Bonchev–Trinajstić information content (AvgIpc) is 3.22. The molecule has 1 fully saturated rings. The van der Waals surface area contributed by atoms with E-state index in [2.05, 4.69) is 21.9 Å². The van der Waals surface area contributed by atoms with Gasteiger partial charge in [0.2, 0.25) is 5.91 Å². The maximum absolute atomic E-state index is 13.0. The number of nitrogens with two attached hydrogens (primary N) is 1. The highest BCUT2D eigenvalue weighted by Gasteiger charge is 2.26. The van der Waals surface area contributed by atoms with E-state index in [1.807, 2.05) is 48.0 Å². The predicted octanol–water partition coefficient (Wildman–Crippen LogP) is 4.34. The Morgan fingerprint density at radius 3 is 2.42 bits per heavy atom. The van der Waals surface area contributed by atoms with Crippen molar-refractivity contribution in [1.29, 1.82) is 0 Å². The molecule has 38 heavy (non-hydrogen) atoms. The first-order valence-electron chi connectivity index (χ1n) is 12.5. The molecule has 1 atom stereocenters. The van der Waals surface area contributed by atoms with Crippen LogP contribution in [-0.2, 0) is 11.8 Å². The fourth-order valence-electron chi connectivity index (χ4n) is 4.86. The Morgan fingerprint density at radius 1 is 1.08 bits per heavy atom. The monoisotopic (exact) mass is 510 g/mol. The van der Waals surface area contributed by atoms with Crippen molar-refractivity contribution in [2.24, 2.45) is 7.05 Å². The number of amides is 2. The minimum absolute atomic E-state index is 0.125. The number of nitrogens with one attached hydrogen (secondary N) is 1. The highest BCUT2D eigenvalue weighted by atomic mass is 16.3. The smallest absolute Gasteiger partial charge is 0.260 e. The lowest BCUT2D eigenvalue weighted by Gasteiger charge is -2.24. The molecule has 194 valence electrons. The number of rotatable bonds is 6. The van der Waals surface area contributed by atoms with Crippen molar-refractivity contribution in [3.8, 4) is 22.4 Å². The van der Waals surface area contributed by atoms with Crippen LogP contribution in [-0.4, -0.2) is 49.1 Å². The largest absolute Gasteiger partial charge is 0.383 e. The van der Waals surface area contributed by atoms with Gasteiger partial charge in [-0.15, -0.1) is 0 Å². The van der Waals surface area contributed by atoms with Crippen LogP contribution >= 0.6 is 0 Å². The second-order valence-corrected chi connectivity index (χ2v) is 9.60. The number of hydrogen-bond donors (Lipinski definition) is 3. The van der Waals surface area contributed by atoms with Crippen LogP contribution in [0.5, 0.6) is 0 Å². The average molecular weight is 511 g/mol. The van der Waals surface area contributed by atoms with E-state index >= 15 is 0 Å². The van der Waals surface area contributed by atoms with Gasteiger partial charge in [-0.3, -0.25) is 14.5 Å². The van der Waals surface area contributed by atoms with Gasteiger partial charge in [0.25, 0.3) is 5.91 Å².